The molecule has 0 saturated carbocycles. The van der Waals surface area contributed by atoms with Gasteiger partial charge in [0.1, 0.15) is 0 Å². The van der Waals surface area contributed by atoms with Crippen LogP contribution in [-0.4, -0.2) is 26.2 Å². The molecule has 1 atom stereocenters. The zero-order chi connectivity index (χ0) is 21.3. The topological polar surface area (TPSA) is 41.6 Å². The van der Waals surface area contributed by atoms with Crippen LogP contribution in [0.15, 0.2) is 47.4 Å². The van der Waals surface area contributed by atoms with Crippen molar-refractivity contribution in [3.8, 4) is 0 Å². The summed E-state index contributed by atoms with van der Waals surface area (Å²) < 4.78 is 7.41. The van der Waals surface area contributed by atoms with E-state index < -0.39 is 0 Å². The lowest BCUT2D eigenvalue weighted by Gasteiger charge is -2.22. The van der Waals surface area contributed by atoms with Gasteiger partial charge >= 0.3 is 5.97 Å². The molecule has 1 aliphatic rings. The van der Waals surface area contributed by atoms with Crippen LogP contribution in [0.3, 0.4) is 0 Å². The third-order valence-electron chi connectivity index (χ3n) is 5.43. The first-order valence-corrected chi connectivity index (χ1v) is 11.9. The number of benzene rings is 2. The molecule has 1 aliphatic heterocycles. The Balaban J connectivity index is 1.56. The Morgan fingerprint density at radius 2 is 1.90 bits per heavy atom. The van der Waals surface area contributed by atoms with Crippen LogP contribution in [0.1, 0.15) is 68.2 Å². The number of nitrogens with zero attached hydrogens (tertiary/aromatic N) is 1. The van der Waals surface area contributed by atoms with Crippen LogP contribution in [0.2, 0.25) is 0 Å². The lowest BCUT2D eigenvalue weighted by molar-refractivity contribution is -0.143. The second kappa shape index (κ2) is 11.4. The van der Waals surface area contributed by atoms with Crippen LogP contribution < -0.4 is 9.62 Å². The van der Waals surface area contributed by atoms with E-state index in [1.54, 1.807) is 11.9 Å². The summed E-state index contributed by atoms with van der Waals surface area (Å²) in [7, 11) is 2.14. The molecule has 30 heavy (non-hydrogen) atoms. The molecule has 0 saturated heterocycles. The first kappa shape index (κ1) is 22.7. The fourth-order valence-corrected chi connectivity index (χ4v) is 4.93. The molecule has 0 fully saturated rings. The highest BCUT2D eigenvalue weighted by molar-refractivity contribution is 8.00. The monoisotopic (exact) mass is 426 g/mol. The third-order valence-corrected chi connectivity index (χ3v) is 6.45. The van der Waals surface area contributed by atoms with E-state index in [-0.39, 0.29) is 12.0 Å². The Bertz CT molecular complexity index is 840. The maximum atomic E-state index is 11.6. The van der Waals surface area contributed by atoms with E-state index in [9.17, 15) is 4.79 Å². The molecule has 0 radical (unpaired) electrons. The van der Waals surface area contributed by atoms with Gasteiger partial charge in [-0.25, -0.2) is 0 Å². The summed E-state index contributed by atoms with van der Waals surface area (Å²) in [4.78, 5) is 12.9. The van der Waals surface area contributed by atoms with Crippen molar-refractivity contribution in [2.75, 3.05) is 24.5 Å². The molecular weight excluding hydrogens is 392 g/mol. The van der Waals surface area contributed by atoms with Gasteiger partial charge in [0.25, 0.3) is 0 Å². The highest BCUT2D eigenvalue weighted by Crippen LogP contribution is 2.43. The Morgan fingerprint density at radius 3 is 2.73 bits per heavy atom. The zero-order valence-electron chi connectivity index (χ0n) is 18.4. The number of carbonyl (C=O) groups is 1. The maximum Gasteiger partial charge on any atom is 0.305 e. The predicted octanol–water partition coefficient (Wildman–Crippen LogP) is 6.03. The van der Waals surface area contributed by atoms with Crippen molar-refractivity contribution in [1.82, 2.24) is 5.32 Å². The predicted molar refractivity (Wildman–Crippen MR) is 126 cm³/mol. The van der Waals surface area contributed by atoms with Crippen molar-refractivity contribution in [2.24, 2.45) is 0 Å². The lowest BCUT2D eigenvalue weighted by atomic mass is 9.96. The van der Waals surface area contributed by atoms with E-state index in [2.05, 4.69) is 66.1 Å². The van der Waals surface area contributed by atoms with Gasteiger partial charge in [-0.2, -0.15) is 0 Å². The highest BCUT2D eigenvalue weighted by atomic mass is 32.2. The number of fused-ring (bicyclic) bond motifs is 2. The number of hydrogen-bond acceptors (Lipinski definition) is 5. The molecule has 0 aliphatic carbocycles. The van der Waals surface area contributed by atoms with Gasteiger partial charge < -0.3 is 14.4 Å². The molecule has 0 spiro atoms. The van der Waals surface area contributed by atoms with Crippen molar-refractivity contribution in [1.29, 1.82) is 0 Å². The van der Waals surface area contributed by atoms with Gasteiger partial charge in [-0.1, -0.05) is 50.1 Å². The van der Waals surface area contributed by atoms with Crippen molar-refractivity contribution >= 4 is 23.6 Å². The first-order valence-electron chi connectivity index (χ1n) is 11.1. The molecule has 0 amide bonds. The zero-order valence-corrected chi connectivity index (χ0v) is 19.3. The molecule has 162 valence electrons. The number of carbonyl (C=O) groups excluding carboxylic acids is 1. The van der Waals surface area contributed by atoms with Gasteiger partial charge in [0.05, 0.1) is 18.3 Å². The van der Waals surface area contributed by atoms with Crippen molar-refractivity contribution < 1.29 is 9.53 Å². The number of ether oxygens (including phenoxy) is 1. The summed E-state index contributed by atoms with van der Waals surface area (Å²) >= 11 is 1.80. The molecule has 2 aromatic carbocycles. The average molecular weight is 427 g/mol. The Hall–Kier alpha value is -1.98. The number of nitrogens with one attached hydrogen (secondary N) is 1. The second-order valence-electron chi connectivity index (χ2n) is 7.96. The molecule has 1 N–H and O–H groups in total. The largest absolute Gasteiger partial charge is 0.466 e. The van der Waals surface area contributed by atoms with E-state index in [0.29, 0.717) is 13.0 Å². The number of aryl methyl sites for hydroxylation is 1. The Morgan fingerprint density at radius 1 is 1.10 bits per heavy atom. The first-order chi connectivity index (χ1) is 14.6. The summed E-state index contributed by atoms with van der Waals surface area (Å²) in [6, 6.07) is 15.6. The fourth-order valence-electron chi connectivity index (χ4n) is 3.84. The minimum absolute atomic E-state index is 0.0569. The quantitative estimate of drug-likeness (QED) is 0.285. The van der Waals surface area contributed by atoms with Crippen LogP contribution in [-0.2, 0) is 9.53 Å². The maximum absolute atomic E-state index is 11.6. The third kappa shape index (κ3) is 6.02. The SMILES string of the molecule is CCCOC(=O)CCCCCCNC1c2ccc(C)cc2SN(C)c2ccccc21. The molecule has 5 heteroatoms. The summed E-state index contributed by atoms with van der Waals surface area (Å²) in [6.07, 6.45) is 5.64. The van der Waals surface area contributed by atoms with Crippen molar-refractivity contribution in [2.45, 2.75) is 63.3 Å². The van der Waals surface area contributed by atoms with E-state index >= 15 is 0 Å². The number of anilines is 1. The summed E-state index contributed by atoms with van der Waals surface area (Å²) in [6.45, 7) is 5.67. The van der Waals surface area contributed by atoms with Crippen molar-refractivity contribution in [3.05, 3.63) is 59.2 Å². The van der Waals surface area contributed by atoms with Gasteiger partial charge in [0.2, 0.25) is 0 Å². The van der Waals surface area contributed by atoms with Crippen LogP contribution in [0.4, 0.5) is 5.69 Å². The number of para-hydroxylation sites is 1. The van der Waals surface area contributed by atoms with Crippen LogP contribution >= 0.6 is 11.9 Å². The Labute approximate surface area is 185 Å². The van der Waals surface area contributed by atoms with Crippen LogP contribution in [0, 0.1) is 6.92 Å². The fraction of sp³-hybridized carbons (Fsp3) is 0.480. The summed E-state index contributed by atoms with van der Waals surface area (Å²) in [5.41, 5.74) is 5.23. The molecule has 3 rings (SSSR count). The van der Waals surface area contributed by atoms with E-state index in [0.717, 1.165) is 38.6 Å². The van der Waals surface area contributed by atoms with Crippen LogP contribution in [0.25, 0.3) is 0 Å². The molecule has 0 aromatic heterocycles. The molecule has 0 bridgehead atoms. The molecular formula is C25H34N2O2S. The van der Waals surface area contributed by atoms with Gasteiger partial charge in [-0.15, -0.1) is 0 Å². The number of esters is 1. The van der Waals surface area contributed by atoms with E-state index in [1.807, 2.05) is 6.92 Å². The van der Waals surface area contributed by atoms with E-state index in [4.69, 9.17) is 4.74 Å². The highest BCUT2D eigenvalue weighted by Gasteiger charge is 2.26. The van der Waals surface area contributed by atoms with Crippen molar-refractivity contribution in [3.63, 3.8) is 0 Å². The number of rotatable bonds is 10. The van der Waals surface area contributed by atoms with Gasteiger partial charge in [-0.3, -0.25) is 4.79 Å². The van der Waals surface area contributed by atoms with Gasteiger partial charge in [0.15, 0.2) is 0 Å². The van der Waals surface area contributed by atoms with Crippen LogP contribution in [0.5, 0.6) is 0 Å². The number of unbranched alkanes of at least 4 members (excludes halogenated alkanes) is 3. The molecule has 2 aromatic rings. The lowest BCUT2D eigenvalue weighted by Crippen LogP contribution is -2.24. The molecule has 4 nitrogen and oxygen atoms in total. The minimum atomic E-state index is -0.0569. The molecule has 1 unspecified atom stereocenters. The Kier molecular flexibility index (Phi) is 8.64. The minimum Gasteiger partial charge on any atom is -0.466 e. The standard InChI is InChI=1S/C25H34N2O2S/c1-4-17-29-24(28)13-7-5-6-10-16-26-25-20-11-8-9-12-22(20)27(3)30-23-18-19(2)14-15-21(23)25/h8-9,11-12,14-15,18,25-26H,4-7,10,13,16-17H2,1-3H3. The summed E-state index contributed by atoms with van der Waals surface area (Å²) in [5.74, 6) is -0.0569. The second-order valence-corrected chi connectivity index (χ2v) is 9.13. The average Bonchev–Trinajstić information content (AvgIpc) is 2.85. The summed E-state index contributed by atoms with van der Waals surface area (Å²) in [5, 5.41) is 3.81. The normalized spacial score (nSPS) is 15.3. The van der Waals surface area contributed by atoms with Gasteiger partial charge in [0, 0.05) is 18.4 Å². The van der Waals surface area contributed by atoms with E-state index in [1.165, 1.54) is 27.3 Å². The molecule has 1 heterocycles. The van der Waals surface area contributed by atoms with Gasteiger partial charge in [-0.05, 0) is 73.5 Å². The smallest absolute Gasteiger partial charge is 0.305 e. The number of hydrogen-bond donors (Lipinski definition) is 1.